The van der Waals surface area contributed by atoms with Crippen LogP contribution in [0.4, 0.5) is 8.78 Å². The number of benzene rings is 1. The topological polar surface area (TPSA) is 81.7 Å². The third-order valence-corrected chi connectivity index (χ3v) is 3.35. The molecule has 0 bridgehead atoms. The molecular weight excluding hydrogens is 312 g/mol. The quantitative estimate of drug-likeness (QED) is 0.805. The molecule has 0 heterocycles. The van der Waals surface area contributed by atoms with E-state index in [1.54, 1.807) is 0 Å². The lowest BCUT2D eigenvalue weighted by atomic mass is 10.2. The number of ether oxygens (including phenoxy) is 2. The van der Waals surface area contributed by atoms with Gasteiger partial charge >= 0.3 is 12.6 Å². The molecule has 0 aromatic heterocycles. The van der Waals surface area contributed by atoms with Gasteiger partial charge in [0.15, 0.2) is 6.61 Å². The number of carbonyl (C=O) groups excluding carboxylic acids is 3. The van der Waals surface area contributed by atoms with E-state index in [-0.39, 0.29) is 23.1 Å². The summed E-state index contributed by atoms with van der Waals surface area (Å²) in [5.41, 5.74) is 0.0853. The lowest BCUT2D eigenvalue weighted by molar-refractivity contribution is -0.149. The van der Waals surface area contributed by atoms with Gasteiger partial charge in [0.1, 0.15) is 5.75 Å². The van der Waals surface area contributed by atoms with Gasteiger partial charge in [-0.25, -0.2) is 0 Å². The third kappa shape index (κ3) is 5.01. The van der Waals surface area contributed by atoms with Crippen molar-refractivity contribution < 1.29 is 32.6 Å². The predicted octanol–water partition coefficient (Wildman–Crippen LogP) is 1.74. The van der Waals surface area contributed by atoms with Gasteiger partial charge in [-0.3, -0.25) is 19.7 Å². The Hall–Kier alpha value is -2.51. The highest BCUT2D eigenvalue weighted by atomic mass is 19.3. The highest BCUT2D eigenvalue weighted by Gasteiger charge is 2.40. The second-order valence-corrected chi connectivity index (χ2v) is 5.21. The van der Waals surface area contributed by atoms with Crippen LogP contribution in [-0.4, -0.2) is 31.0 Å². The van der Waals surface area contributed by atoms with Gasteiger partial charge in [-0.05, 0) is 36.6 Å². The van der Waals surface area contributed by atoms with E-state index in [0.717, 1.165) is 6.42 Å². The maximum Gasteiger partial charge on any atom is 0.387 e. The average Bonchev–Trinajstić information content (AvgIpc) is 3.22. The predicted molar refractivity (Wildman–Crippen MR) is 73.8 cm³/mol. The van der Waals surface area contributed by atoms with Crippen LogP contribution in [0.15, 0.2) is 24.3 Å². The summed E-state index contributed by atoms with van der Waals surface area (Å²) in [7, 11) is 0. The summed E-state index contributed by atoms with van der Waals surface area (Å²) in [6, 6.07) is 4.83. The molecule has 1 aliphatic carbocycles. The fourth-order valence-corrected chi connectivity index (χ4v) is 1.92. The molecule has 0 radical (unpaired) electrons. The molecule has 124 valence electrons. The minimum absolute atomic E-state index is 0.0853. The zero-order valence-electron chi connectivity index (χ0n) is 12.3. The van der Waals surface area contributed by atoms with Gasteiger partial charge in [0.05, 0.1) is 5.92 Å². The lowest BCUT2D eigenvalue weighted by Crippen LogP contribution is -2.34. The van der Waals surface area contributed by atoms with Gasteiger partial charge < -0.3 is 9.47 Å². The number of alkyl halides is 2. The monoisotopic (exact) mass is 327 g/mol. The molecule has 1 aliphatic rings. The van der Waals surface area contributed by atoms with Crippen molar-refractivity contribution in [2.24, 2.45) is 11.8 Å². The molecule has 1 aromatic carbocycles. The molecule has 2 rings (SSSR count). The summed E-state index contributed by atoms with van der Waals surface area (Å²) >= 11 is 0. The Morgan fingerprint density at radius 2 is 1.87 bits per heavy atom. The van der Waals surface area contributed by atoms with Crippen molar-refractivity contribution in [3.05, 3.63) is 29.8 Å². The molecule has 0 spiro atoms. The third-order valence-electron chi connectivity index (χ3n) is 3.35. The van der Waals surface area contributed by atoms with E-state index in [1.165, 1.54) is 24.3 Å². The molecule has 23 heavy (non-hydrogen) atoms. The number of imide groups is 1. The van der Waals surface area contributed by atoms with Crippen molar-refractivity contribution in [3.63, 3.8) is 0 Å². The summed E-state index contributed by atoms with van der Waals surface area (Å²) in [5, 5.41) is 2.04. The van der Waals surface area contributed by atoms with Crippen LogP contribution in [0.5, 0.6) is 5.75 Å². The highest BCUT2D eigenvalue weighted by molar-refractivity contribution is 6.05. The van der Waals surface area contributed by atoms with E-state index in [2.05, 4.69) is 4.74 Å². The zero-order chi connectivity index (χ0) is 17.0. The Morgan fingerprint density at radius 3 is 2.39 bits per heavy atom. The summed E-state index contributed by atoms with van der Waals surface area (Å²) in [6.45, 7) is -1.60. The maximum absolute atomic E-state index is 12.0. The van der Waals surface area contributed by atoms with Crippen LogP contribution in [0.3, 0.4) is 0 Å². The second-order valence-electron chi connectivity index (χ2n) is 5.21. The van der Waals surface area contributed by atoms with E-state index in [4.69, 9.17) is 4.74 Å². The van der Waals surface area contributed by atoms with Crippen LogP contribution in [0, 0.1) is 11.8 Å². The molecule has 0 unspecified atom stereocenters. The Labute approximate surface area is 130 Å². The van der Waals surface area contributed by atoms with Crippen molar-refractivity contribution in [2.75, 3.05) is 6.61 Å². The molecule has 2 atom stereocenters. The Bertz CT molecular complexity index is 602. The van der Waals surface area contributed by atoms with E-state index >= 15 is 0 Å². The zero-order valence-corrected chi connectivity index (χ0v) is 12.3. The van der Waals surface area contributed by atoms with Crippen molar-refractivity contribution in [3.8, 4) is 5.75 Å². The van der Waals surface area contributed by atoms with Gasteiger partial charge in [-0.15, -0.1) is 0 Å². The number of amides is 2. The number of hydrogen-bond acceptors (Lipinski definition) is 5. The second kappa shape index (κ2) is 7.17. The highest BCUT2D eigenvalue weighted by Crippen LogP contribution is 2.38. The first-order chi connectivity index (χ1) is 10.9. The molecule has 0 aliphatic heterocycles. The first-order valence-corrected chi connectivity index (χ1v) is 6.92. The summed E-state index contributed by atoms with van der Waals surface area (Å²) < 4.78 is 32.9. The number of nitrogens with one attached hydrogen (secondary N) is 1. The van der Waals surface area contributed by atoms with Crippen molar-refractivity contribution in [2.45, 2.75) is 20.0 Å². The Kier molecular flexibility index (Phi) is 5.25. The van der Waals surface area contributed by atoms with Crippen LogP contribution >= 0.6 is 0 Å². The molecule has 8 heteroatoms. The van der Waals surface area contributed by atoms with Crippen LogP contribution in [0.1, 0.15) is 23.7 Å². The first kappa shape index (κ1) is 16.9. The number of esters is 1. The van der Waals surface area contributed by atoms with Gasteiger partial charge in [0.2, 0.25) is 0 Å². The SMILES string of the molecule is C[C@@H]1C[C@H]1C(=O)OCC(=O)NC(=O)c1ccc(OC(F)F)cc1. The lowest BCUT2D eigenvalue weighted by Gasteiger charge is -2.07. The van der Waals surface area contributed by atoms with Gasteiger partial charge in [0, 0.05) is 5.56 Å². The largest absolute Gasteiger partial charge is 0.455 e. The van der Waals surface area contributed by atoms with Crippen molar-refractivity contribution >= 4 is 17.8 Å². The van der Waals surface area contributed by atoms with Crippen LogP contribution in [0.25, 0.3) is 0 Å². The molecule has 6 nitrogen and oxygen atoms in total. The Morgan fingerprint density at radius 1 is 1.26 bits per heavy atom. The summed E-state index contributed by atoms with van der Waals surface area (Å²) in [4.78, 5) is 34.7. The van der Waals surface area contributed by atoms with Crippen LogP contribution in [0.2, 0.25) is 0 Å². The number of carbonyl (C=O) groups is 3. The standard InChI is InChI=1S/C15H15F2NO5/c1-8-6-11(8)14(21)22-7-12(19)18-13(20)9-2-4-10(5-3-9)23-15(16)17/h2-5,8,11,15H,6-7H2,1H3,(H,18,19,20)/t8-,11-/m1/s1. The fourth-order valence-electron chi connectivity index (χ4n) is 1.92. The normalized spacial score (nSPS) is 19.1. The number of halogens is 2. The molecular formula is C15H15F2NO5. The molecule has 1 fully saturated rings. The van der Waals surface area contributed by atoms with Crippen LogP contribution in [-0.2, 0) is 14.3 Å². The van der Waals surface area contributed by atoms with E-state index in [0.29, 0.717) is 0 Å². The van der Waals surface area contributed by atoms with Gasteiger partial charge in [0.25, 0.3) is 11.8 Å². The minimum Gasteiger partial charge on any atom is -0.455 e. The van der Waals surface area contributed by atoms with Crippen LogP contribution < -0.4 is 10.1 Å². The van der Waals surface area contributed by atoms with E-state index in [9.17, 15) is 23.2 Å². The van der Waals surface area contributed by atoms with E-state index < -0.39 is 31.0 Å². The number of rotatable bonds is 6. The molecule has 1 N–H and O–H groups in total. The fraction of sp³-hybridized carbons (Fsp3) is 0.400. The maximum atomic E-state index is 12.0. The van der Waals surface area contributed by atoms with E-state index in [1.807, 2.05) is 12.2 Å². The van der Waals surface area contributed by atoms with Gasteiger partial charge in [-0.1, -0.05) is 6.92 Å². The molecule has 2 amide bonds. The van der Waals surface area contributed by atoms with Gasteiger partial charge in [-0.2, -0.15) is 8.78 Å². The molecule has 1 saturated carbocycles. The minimum atomic E-state index is -2.96. The van der Waals surface area contributed by atoms with Crippen molar-refractivity contribution in [1.29, 1.82) is 0 Å². The summed E-state index contributed by atoms with van der Waals surface area (Å²) in [6.07, 6.45) is 0.742. The molecule has 1 aromatic rings. The first-order valence-electron chi connectivity index (χ1n) is 6.92. The number of hydrogen-bond donors (Lipinski definition) is 1. The summed E-state index contributed by atoms with van der Waals surface area (Å²) in [5.74, 6) is -1.94. The Balaban J connectivity index is 1.78. The smallest absolute Gasteiger partial charge is 0.387 e. The average molecular weight is 327 g/mol. The van der Waals surface area contributed by atoms with Crippen molar-refractivity contribution in [1.82, 2.24) is 5.32 Å². The molecule has 0 saturated heterocycles.